The van der Waals surface area contributed by atoms with Crippen LogP contribution in [0.1, 0.15) is 12.6 Å². The van der Waals surface area contributed by atoms with Gasteiger partial charge in [0.05, 0.1) is 21.3 Å². The molecule has 2 heterocycles. The van der Waals surface area contributed by atoms with Gasteiger partial charge in [-0.05, 0) is 35.0 Å². The van der Waals surface area contributed by atoms with Gasteiger partial charge in [0.2, 0.25) is 16.0 Å². The van der Waals surface area contributed by atoms with E-state index in [1.807, 2.05) is 0 Å². The summed E-state index contributed by atoms with van der Waals surface area (Å²) in [4.78, 5) is 4.13. The van der Waals surface area contributed by atoms with E-state index in [0.29, 0.717) is 5.52 Å². The largest absolute Gasteiger partial charge is 0.436 e. The van der Waals surface area contributed by atoms with E-state index in [2.05, 4.69) is 26.0 Å². The first kappa shape index (κ1) is 17.0. The highest BCUT2D eigenvalue weighted by molar-refractivity contribution is 9.10. The lowest BCUT2D eigenvalue weighted by atomic mass is 10.3. The van der Waals surface area contributed by atoms with Crippen LogP contribution in [0.25, 0.3) is 17.0 Å². The minimum atomic E-state index is -4.68. The molecule has 3 aromatic rings. The number of benzene rings is 1. The van der Waals surface area contributed by atoms with Gasteiger partial charge in [-0.3, -0.25) is 0 Å². The molecule has 0 saturated carbocycles. The molecule has 0 unspecified atom stereocenters. The Hall–Kier alpha value is -1.88. The molecule has 0 saturated heterocycles. The summed E-state index contributed by atoms with van der Waals surface area (Å²) in [5, 5.41) is 3.45. The van der Waals surface area contributed by atoms with E-state index >= 15 is 0 Å². The summed E-state index contributed by atoms with van der Waals surface area (Å²) >= 11 is 2.80. The number of alkyl halides is 3. The lowest BCUT2D eigenvalue weighted by Crippen LogP contribution is -2.19. The predicted molar refractivity (Wildman–Crippen MR) is 84.4 cm³/mol. The molecule has 3 rings (SSSR count). The van der Waals surface area contributed by atoms with Gasteiger partial charge < -0.3 is 0 Å². The standard InChI is InChI=1S/C13H10BrF3N4O2S/c1-2-24(22,23)21-10-6-4-3-5-9(10)18-12(21)20-7-8(14)11(19-20)13(15,16)17/h3-7H,2H2,1H3. The van der Waals surface area contributed by atoms with Gasteiger partial charge >= 0.3 is 6.18 Å². The molecule has 0 radical (unpaired) electrons. The first-order chi connectivity index (χ1) is 11.1. The van der Waals surface area contributed by atoms with Crippen LogP contribution in [0.15, 0.2) is 34.9 Å². The van der Waals surface area contributed by atoms with Gasteiger partial charge in [-0.1, -0.05) is 12.1 Å². The third-order valence-electron chi connectivity index (χ3n) is 3.29. The number of aromatic nitrogens is 4. The van der Waals surface area contributed by atoms with Crippen LogP contribution in [0.3, 0.4) is 0 Å². The topological polar surface area (TPSA) is 69.8 Å². The Morgan fingerprint density at radius 1 is 1.25 bits per heavy atom. The fourth-order valence-electron chi connectivity index (χ4n) is 2.19. The van der Waals surface area contributed by atoms with Crippen LogP contribution < -0.4 is 0 Å². The van der Waals surface area contributed by atoms with Gasteiger partial charge in [0.25, 0.3) is 0 Å². The van der Waals surface area contributed by atoms with Crippen LogP contribution >= 0.6 is 15.9 Å². The van der Waals surface area contributed by atoms with E-state index in [1.165, 1.54) is 13.0 Å². The monoisotopic (exact) mass is 422 g/mol. The third kappa shape index (κ3) is 2.71. The second-order valence-electron chi connectivity index (χ2n) is 4.83. The average molecular weight is 423 g/mol. The highest BCUT2D eigenvalue weighted by Crippen LogP contribution is 2.34. The molecule has 0 atom stereocenters. The Morgan fingerprint density at radius 3 is 2.50 bits per heavy atom. The average Bonchev–Trinajstić information content (AvgIpc) is 3.07. The van der Waals surface area contributed by atoms with Crippen molar-refractivity contribution < 1.29 is 21.6 Å². The van der Waals surface area contributed by atoms with Gasteiger partial charge in [-0.15, -0.1) is 0 Å². The van der Waals surface area contributed by atoms with E-state index in [9.17, 15) is 21.6 Å². The summed E-state index contributed by atoms with van der Waals surface area (Å²) in [6, 6.07) is 6.38. The molecule has 2 aromatic heterocycles. The molecule has 0 aliphatic rings. The number of nitrogens with zero attached hydrogens (tertiary/aromatic N) is 4. The van der Waals surface area contributed by atoms with Crippen molar-refractivity contribution in [3.05, 3.63) is 40.6 Å². The van der Waals surface area contributed by atoms with Crippen molar-refractivity contribution in [2.45, 2.75) is 13.1 Å². The minimum absolute atomic E-state index is 0.228. The van der Waals surface area contributed by atoms with Crippen LogP contribution in [0, 0.1) is 0 Å². The lowest BCUT2D eigenvalue weighted by Gasteiger charge is -2.08. The Balaban J connectivity index is 2.34. The first-order valence-electron chi connectivity index (χ1n) is 6.68. The molecule has 0 amide bonds. The van der Waals surface area contributed by atoms with Crippen molar-refractivity contribution in [1.82, 2.24) is 18.7 Å². The zero-order valence-electron chi connectivity index (χ0n) is 12.1. The highest BCUT2D eigenvalue weighted by Gasteiger charge is 2.37. The Bertz CT molecular complexity index is 1020. The van der Waals surface area contributed by atoms with Crippen molar-refractivity contribution in [3.8, 4) is 5.95 Å². The molecular formula is C13H10BrF3N4O2S. The maximum absolute atomic E-state index is 12.9. The predicted octanol–water partition coefficient (Wildman–Crippen LogP) is 3.20. The molecular weight excluding hydrogens is 413 g/mol. The van der Waals surface area contributed by atoms with Gasteiger partial charge in [-0.2, -0.15) is 18.3 Å². The fraction of sp³-hybridized carbons (Fsp3) is 0.231. The fourth-order valence-corrected chi connectivity index (χ4v) is 3.77. The Labute approximate surface area is 143 Å². The molecule has 1 aromatic carbocycles. The van der Waals surface area contributed by atoms with Crippen molar-refractivity contribution in [2.24, 2.45) is 0 Å². The summed E-state index contributed by atoms with van der Waals surface area (Å²) < 4.78 is 65.0. The van der Waals surface area contributed by atoms with Crippen LogP contribution in [0.5, 0.6) is 0 Å². The molecule has 0 bridgehead atoms. The molecule has 0 aliphatic heterocycles. The number of fused-ring (bicyclic) bond motifs is 1. The number of hydrogen-bond acceptors (Lipinski definition) is 4. The normalized spacial score (nSPS) is 12.9. The van der Waals surface area contributed by atoms with Crippen molar-refractivity contribution in [2.75, 3.05) is 5.75 Å². The minimum Gasteiger partial charge on any atom is -0.210 e. The number of para-hydroxylation sites is 2. The molecule has 0 fully saturated rings. The van der Waals surface area contributed by atoms with Crippen LogP contribution in [0.4, 0.5) is 13.2 Å². The molecule has 6 nitrogen and oxygen atoms in total. The molecule has 0 spiro atoms. The van der Waals surface area contributed by atoms with Crippen molar-refractivity contribution in [3.63, 3.8) is 0 Å². The van der Waals surface area contributed by atoms with E-state index in [1.54, 1.807) is 18.2 Å². The first-order valence-corrected chi connectivity index (χ1v) is 9.09. The molecule has 24 heavy (non-hydrogen) atoms. The van der Waals surface area contributed by atoms with E-state index in [0.717, 1.165) is 14.9 Å². The number of halogens is 4. The zero-order valence-corrected chi connectivity index (χ0v) is 14.5. The van der Waals surface area contributed by atoms with Crippen LogP contribution in [-0.2, 0) is 16.2 Å². The number of imidazole rings is 1. The SMILES string of the molecule is CCS(=O)(=O)n1c(-n2cc(Br)c(C(F)(F)F)n2)nc2ccccc21. The molecule has 0 aliphatic carbocycles. The van der Waals surface area contributed by atoms with Gasteiger partial charge in [0, 0.05) is 6.20 Å². The molecule has 0 N–H and O–H groups in total. The van der Waals surface area contributed by atoms with Gasteiger partial charge in [0.1, 0.15) is 0 Å². The summed E-state index contributed by atoms with van der Waals surface area (Å²) in [6.45, 7) is 1.44. The summed E-state index contributed by atoms with van der Waals surface area (Å²) in [5.41, 5.74) is -0.547. The summed E-state index contributed by atoms with van der Waals surface area (Å²) in [6.07, 6.45) is -3.64. The van der Waals surface area contributed by atoms with E-state index in [4.69, 9.17) is 0 Å². The summed E-state index contributed by atoms with van der Waals surface area (Å²) in [5.74, 6) is -0.469. The van der Waals surface area contributed by atoms with Crippen molar-refractivity contribution >= 4 is 37.0 Å². The molecule has 11 heteroatoms. The van der Waals surface area contributed by atoms with Crippen LogP contribution in [0.2, 0.25) is 0 Å². The maximum Gasteiger partial charge on any atom is 0.436 e. The van der Waals surface area contributed by atoms with Gasteiger partial charge in [-0.25, -0.2) is 22.1 Å². The second kappa shape index (κ2) is 5.59. The Morgan fingerprint density at radius 2 is 1.92 bits per heavy atom. The van der Waals surface area contributed by atoms with E-state index in [-0.39, 0.29) is 21.7 Å². The smallest absolute Gasteiger partial charge is 0.210 e. The van der Waals surface area contributed by atoms with Crippen molar-refractivity contribution in [1.29, 1.82) is 0 Å². The molecule has 128 valence electrons. The number of hydrogen-bond donors (Lipinski definition) is 0. The lowest BCUT2D eigenvalue weighted by molar-refractivity contribution is -0.141. The van der Waals surface area contributed by atoms with E-state index < -0.39 is 21.9 Å². The highest BCUT2D eigenvalue weighted by atomic mass is 79.9. The summed E-state index contributed by atoms with van der Waals surface area (Å²) in [7, 11) is -3.80. The quantitative estimate of drug-likeness (QED) is 0.649. The van der Waals surface area contributed by atoms with Gasteiger partial charge in [0.15, 0.2) is 5.69 Å². The number of rotatable bonds is 3. The Kier molecular flexibility index (Phi) is 3.95. The van der Waals surface area contributed by atoms with Crippen LogP contribution in [-0.4, -0.2) is 32.9 Å². The zero-order chi connectivity index (χ0) is 17.7. The second-order valence-corrected chi connectivity index (χ2v) is 7.79. The maximum atomic E-state index is 12.9. The third-order valence-corrected chi connectivity index (χ3v) is 5.51.